The summed E-state index contributed by atoms with van der Waals surface area (Å²) in [4.78, 5) is 45.2. The highest BCUT2D eigenvalue weighted by Gasteiger charge is 2.27. The van der Waals surface area contributed by atoms with Crippen LogP contribution in [0, 0.1) is 0 Å². The molecule has 2 atom stereocenters. The summed E-state index contributed by atoms with van der Waals surface area (Å²) in [6, 6.07) is -2.63. The molecule has 9 heteroatoms. The van der Waals surface area contributed by atoms with E-state index >= 15 is 0 Å². The molecular formula is C12H20N2O7. The minimum absolute atomic E-state index is 0.0721. The van der Waals surface area contributed by atoms with Gasteiger partial charge in [0.05, 0.1) is 26.1 Å². The average molecular weight is 304 g/mol. The molecule has 0 radical (unpaired) electrons. The smallest absolute Gasteiger partial charge is 0.329 e. The van der Waals surface area contributed by atoms with Crippen LogP contribution in [0.25, 0.3) is 0 Å². The zero-order valence-corrected chi connectivity index (χ0v) is 12.0. The maximum Gasteiger partial charge on any atom is 0.329 e. The summed E-state index contributed by atoms with van der Waals surface area (Å²) in [5.74, 6) is -3.60. The van der Waals surface area contributed by atoms with Gasteiger partial charge in [-0.1, -0.05) is 0 Å². The van der Waals surface area contributed by atoms with Crippen molar-refractivity contribution in [3.63, 3.8) is 0 Å². The van der Waals surface area contributed by atoms with Gasteiger partial charge in [-0.2, -0.15) is 0 Å². The Morgan fingerprint density at radius 1 is 1.10 bits per heavy atom. The molecule has 0 bridgehead atoms. The maximum atomic E-state index is 11.6. The van der Waals surface area contributed by atoms with E-state index < -0.39 is 48.7 Å². The molecule has 0 aromatic rings. The second-order valence-electron chi connectivity index (χ2n) is 4.03. The monoisotopic (exact) mass is 304 g/mol. The van der Waals surface area contributed by atoms with E-state index in [1.54, 1.807) is 13.8 Å². The van der Waals surface area contributed by atoms with Crippen molar-refractivity contribution >= 4 is 23.8 Å². The van der Waals surface area contributed by atoms with Crippen molar-refractivity contribution in [2.45, 2.75) is 38.8 Å². The Morgan fingerprint density at radius 3 is 2.14 bits per heavy atom. The first-order valence-electron chi connectivity index (χ1n) is 6.41. The second kappa shape index (κ2) is 9.70. The fourth-order valence-electron chi connectivity index (χ4n) is 1.36. The van der Waals surface area contributed by atoms with Gasteiger partial charge in [-0.05, 0) is 13.8 Å². The summed E-state index contributed by atoms with van der Waals surface area (Å²) >= 11 is 0. The third kappa shape index (κ3) is 7.88. The number of amides is 1. The van der Waals surface area contributed by atoms with Gasteiger partial charge >= 0.3 is 17.9 Å². The lowest BCUT2D eigenvalue weighted by atomic mass is 10.1. The molecular weight excluding hydrogens is 284 g/mol. The number of carboxylic acid groups (broad SMARTS) is 1. The molecule has 21 heavy (non-hydrogen) atoms. The van der Waals surface area contributed by atoms with Gasteiger partial charge in [-0.25, -0.2) is 4.79 Å². The van der Waals surface area contributed by atoms with E-state index in [9.17, 15) is 19.2 Å². The van der Waals surface area contributed by atoms with E-state index in [0.29, 0.717) is 0 Å². The molecule has 1 amide bonds. The number of rotatable bonds is 9. The number of ether oxygens (including phenoxy) is 2. The van der Waals surface area contributed by atoms with Crippen molar-refractivity contribution in [3.8, 4) is 0 Å². The summed E-state index contributed by atoms with van der Waals surface area (Å²) in [6.45, 7) is 3.37. The molecule has 0 aliphatic rings. The van der Waals surface area contributed by atoms with Crippen LogP contribution in [0.2, 0.25) is 0 Å². The van der Waals surface area contributed by atoms with Crippen LogP contribution in [0.4, 0.5) is 0 Å². The fraction of sp³-hybridized carbons (Fsp3) is 0.667. The summed E-state index contributed by atoms with van der Waals surface area (Å²) in [5.41, 5.74) is 5.21. The van der Waals surface area contributed by atoms with Crippen molar-refractivity contribution in [3.05, 3.63) is 0 Å². The SMILES string of the molecule is CCOC(=O)C[C@H](NC(=O)C[C@@H](N)C(=O)O)C(=O)OCC. The maximum absolute atomic E-state index is 11.6. The second-order valence-corrected chi connectivity index (χ2v) is 4.03. The first kappa shape index (κ1) is 18.8. The number of nitrogens with one attached hydrogen (secondary N) is 1. The molecule has 4 N–H and O–H groups in total. The van der Waals surface area contributed by atoms with Crippen LogP contribution in [0.15, 0.2) is 0 Å². The van der Waals surface area contributed by atoms with Crippen LogP contribution in [-0.2, 0) is 28.7 Å². The topological polar surface area (TPSA) is 145 Å². The van der Waals surface area contributed by atoms with Crippen LogP contribution in [0.3, 0.4) is 0 Å². The number of hydrogen-bond donors (Lipinski definition) is 3. The molecule has 0 saturated heterocycles. The van der Waals surface area contributed by atoms with E-state index in [2.05, 4.69) is 10.1 Å². The van der Waals surface area contributed by atoms with E-state index in [0.717, 1.165) is 0 Å². The Labute approximate surface area is 121 Å². The molecule has 0 aliphatic heterocycles. The molecule has 0 spiro atoms. The molecule has 0 heterocycles. The standard InChI is InChI=1S/C12H20N2O7/c1-3-20-10(16)6-8(12(19)21-4-2)14-9(15)5-7(13)11(17)18/h7-8H,3-6,13H2,1-2H3,(H,14,15)(H,17,18)/t7-,8+/m1/s1. The number of carboxylic acids is 1. The third-order valence-corrected chi connectivity index (χ3v) is 2.30. The first-order valence-corrected chi connectivity index (χ1v) is 6.41. The van der Waals surface area contributed by atoms with Crippen LogP contribution in [0.5, 0.6) is 0 Å². The molecule has 9 nitrogen and oxygen atoms in total. The molecule has 0 aliphatic carbocycles. The Bertz CT molecular complexity index is 397. The minimum atomic E-state index is -1.39. The lowest BCUT2D eigenvalue weighted by Crippen LogP contribution is -2.46. The lowest BCUT2D eigenvalue weighted by Gasteiger charge is -2.17. The minimum Gasteiger partial charge on any atom is -0.480 e. The molecule has 0 aromatic carbocycles. The summed E-state index contributed by atoms with van der Waals surface area (Å²) < 4.78 is 9.41. The number of carbonyl (C=O) groups excluding carboxylic acids is 3. The molecule has 0 rings (SSSR count). The molecule has 0 unspecified atom stereocenters. The Balaban J connectivity index is 4.65. The third-order valence-electron chi connectivity index (χ3n) is 2.30. The van der Waals surface area contributed by atoms with E-state index in [1.807, 2.05) is 0 Å². The van der Waals surface area contributed by atoms with Gasteiger partial charge in [0.1, 0.15) is 12.1 Å². The van der Waals surface area contributed by atoms with Crippen molar-refractivity contribution < 1.29 is 33.8 Å². The van der Waals surface area contributed by atoms with Crippen LogP contribution < -0.4 is 11.1 Å². The summed E-state index contributed by atoms with van der Waals surface area (Å²) in [6.07, 6.45) is -0.922. The van der Waals surface area contributed by atoms with Gasteiger partial charge in [0.2, 0.25) is 5.91 Å². The zero-order valence-electron chi connectivity index (χ0n) is 12.0. The Hall–Kier alpha value is -2.16. The number of hydrogen-bond acceptors (Lipinski definition) is 7. The van der Waals surface area contributed by atoms with Crippen LogP contribution >= 0.6 is 0 Å². The van der Waals surface area contributed by atoms with E-state index in [1.165, 1.54) is 0 Å². The Morgan fingerprint density at radius 2 is 1.67 bits per heavy atom. The number of aliphatic carboxylic acids is 1. The molecule has 0 fully saturated rings. The normalized spacial score (nSPS) is 12.9. The first-order chi connectivity index (χ1) is 9.81. The highest BCUT2D eigenvalue weighted by molar-refractivity contribution is 5.90. The summed E-state index contributed by atoms with van der Waals surface area (Å²) in [5, 5.41) is 10.8. The van der Waals surface area contributed by atoms with Crippen molar-refractivity contribution in [1.82, 2.24) is 5.32 Å². The quantitative estimate of drug-likeness (QED) is 0.450. The number of esters is 2. The van der Waals surface area contributed by atoms with E-state index in [4.69, 9.17) is 15.6 Å². The van der Waals surface area contributed by atoms with Crippen LogP contribution in [-0.4, -0.2) is 54.2 Å². The molecule has 120 valence electrons. The van der Waals surface area contributed by atoms with Crippen molar-refractivity contribution in [1.29, 1.82) is 0 Å². The van der Waals surface area contributed by atoms with Gasteiger partial charge in [-0.15, -0.1) is 0 Å². The lowest BCUT2D eigenvalue weighted by molar-refractivity contribution is -0.153. The highest BCUT2D eigenvalue weighted by atomic mass is 16.5. The van der Waals surface area contributed by atoms with Crippen LogP contribution in [0.1, 0.15) is 26.7 Å². The van der Waals surface area contributed by atoms with Gasteiger partial charge in [0.25, 0.3) is 0 Å². The number of nitrogens with two attached hydrogens (primary N) is 1. The van der Waals surface area contributed by atoms with Crippen molar-refractivity contribution in [2.75, 3.05) is 13.2 Å². The average Bonchev–Trinajstić information content (AvgIpc) is 2.38. The summed E-state index contributed by atoms with van der Waals surface area (Å²) in [7, 11) is 0. The fourth-order valence-corrected chi connectivity index (χ4v) is 1.36. The van der Waals surface area contributed by atoms with E-state index in [-0.39, 0.29) is 13.2 Å². The highest BCUT2D eigenvalue weighted by Crippen LogP contribution is 2.01. The predicted octanol–water partition coefficient (Wildman–Crippen LogP) is -1.21. The molecule has 0 aromatic heterocycles. The van der Waals surface area contributed by atoms with Gasteiger partial charge in [0, 0.05) is 0 Å². The number of carbonyl (C=O) groups is 4. The van der Waals surface area contributed by atoms with Crippen molar-refractivity contribution in [2.24, 2.45) is 5.73 Å². The largest absolute Gasteiger partial charge is 0.480 e. The zero-order chi connectivity index (χ0) is 16.4. The van der Waals surface area contributed by atoms with Gasteiger partial charge in [0.15, 0.2) is 0 Å². The Kier molecular flexibility index (Phi) is 8.70. The van der Waals surface area contributed by atoms with Gasteiger partial charge in [-0.3, -0.25) is 14.4 Å². The van der Waals surface area contributed by atoms with Gasteiger partial charge < -0.3 is 25.6 Å². The predicted molar refractivity (Wildman–Crippen MR) is 70.0 cm³/mol. The molecule has 0 saturated carbocycles.